The molecule has 0 saturated carbocycles. The van der Waals surface area contributed by atoms with Gasteiger partial charge in [0.15, 0.2) is 0 Å². The quantitative estimate of drug-likeness (QED) is 0.208. The van der Waals surface area contributed by atoms with E-state index in [1.807, 2.05) is 6.92 Å². The van der Waals surface area contributed by atoms with Crippen LogP contribution >= 0.6 is 11.8 Å². The van der Waals surface area contributed by atoms with Gasteiger partial charge in [-0.05, 0) is 13.3 Å². The first kappa shape index (κ1) is 23.3. The molecule has 164 valence electrons. The van der Waals surface area contributed by atoms with Crippen LogP contribution in [-0.4, -0.2) is 88.6 Å². The largest absolute Gasteiger partial charge is 1.00 e. The van der Waals surface area contributed by atoms with Crippen LogP contribution in [0.15, 0.2) is 10.6 Å². The number of aliphatic hydroxyl groups is 1. The lowest BCUT2D eigenvalue weighted by atomic mass is 9.79. The van der Waals surface area contributed by atoms with Gasteiger partial charge < -0.3 is 48.9 Å². The van der Waals surface area contributed by atoms with E-state index in [0.29, 0.717) is 17.2 Å². The van der Waals surface area contributed by atoms with Gasteiger partial charge in [0.25, 0.3) is 0 Å². The molecule has 29 heavy (non-hydrogen) atoms. The highest BCUT2D eigenvalue weighted by atomic mass is 127. The van der Waals surface area contributed by atoms with Crippen LogP contribution in [-0.2, 0) is 9.59 Å². The number of hydrogen-bond acceptors (Lipinski definition) is 5. The average Bonchev–Trinajstić information content (AvgIpc) is 3.25. The van der Waals surface area contributed by atoms with Crippen molar-refractivity contribution in [3.05, 3.63) is 10.6 Å². The molecule has 0 unspecified atom stereocenters. The van der Waals surface area contributed by atoms with Crippen molar-refractivity contribution in [2.24, 2.45) is 17.8 Å². The minimum absolute atomic E-state index is 0. The highest BCUT2D eigenvalue weighted by molar-refractivity contribution is 8.03. The first-order chi connectivity index (χ1) is 13.1. The first-order valence-corrected chi connectivity index (χ1v) is 11.2. The molecular formula is C20H32IN3O4S. The monoisotopic (exact) mass is 537 g/mol. The summed E-state index contributed by atoms with van der Waals surface area (Å²) in [6.07, 6.45) is 1.52. The zero-order valence-electron chi connectivity index (χ0n) is 17.5. The molecule has 9 heteroatoms. The van der Waals surface area contributed by atoms with E-state index in [1.54, 1.807) is 18.7 Å². The zero-order valence-corrected chi connectivity index (χ0v) is 20.4. The highest BCUT2D eigenvalue weighted by Crippen LogP contribution is 2.52. The van der Waals surface area contributed by atoms with Gasteiger partial charge in [-0.1, -0.05) is 6.92 Å². The molecule has 7 nitrogen and oxygen atoms in total. The summed E-state index contributed by atoms with van der Waals surface area (Å²) in [5, 5.41) is 23.7. The third-order valence-corrected chi connectivity index (χ3v) is 8.64. The van der Waals surface area contributed by atoms with E-state index in [1.165, 1.54) is 24.4 Å². The second-order valence-corrected chi connectivity index (χ2v) is 11.0. The molecule has 4 aliphatic rings. The normalized spacial score (nSPS) is 39.2. The molecule has 3 fully saturated rings. The van der Waals surface area contributed by atoms with Crippen molar-refractivity contribution in [2.75, 3.05) is 33.7 Å². The van der Waals surface area contributed by atoms with Gasteiger partial charge in [0, 0.05) is 41.0 Å². The lowest BCUT2D eigenvalue weighted by Gasteiger charge is -2.46. The second-order valence-electron chi connectivity index (χ2n) is 9.65. The van der Waals surface area contributed by atoms with Crippen LogP contribution < -0.4 is 29.3 Å². The van der Waals surface area contributed by atoms with E-state index in [-0.39, 0.29) is 47.5 Å². The third-order valence-electron chi connectivity index (χ3n) is 7.13. The Morgan fingerprint density at radius 1 is 1.38 bits per heavy atom. The van der Waals surface area contributed by atoms with Crippen molar-refractivity contribution in [2.45, 2.75) is 50.1 Å². The van der Waals surface area contributed by atoms with Crippen LogP contribution in [0.3, 0.4) is 0 Å². The molecule has 7 atom stereocenters. The lowest BCUT2D eigenvalue weighted by molar-refractivity contribution is -0.879. The Balaban J connectivity index is 0.00000240. The van der Waals surface area contributed by atoms with Crippen LogP contribution in [0.2, 0.25) is 0 Å². The number of carboxylic acids is 1. The van der Waals surface area contributed by atoms with Crippen LogP contribution in [0.5, 0.6) is 0 Å². The molecule has 0 aromatic heterocycles. The maximum Gasteiger partial charge on any atom is 0.353 e. The Bertz CT molecular complexity index is 729. The van der Waals surface area contributed by atoms with E-state index < -0.39 is 18.0 Å². The number of halogens is 1. The van der Waals surface area contributed by atoms with Crippen LogP contribution in [0.1, 0.15) is 26.7 Å². The van der Waals surface area contributed by atoms with Gasteiger partial charge in [0.05, 0.1) is 45.2 Å². The Hall–Kier alpha value is -0.360. The summed E-state index contributed by atoms with van der Waals surface area (Å²) in [6, 6.07) is 0.269. The number of hydrogen-bond donors (Lipinski definition) is 3. The van der Waals surface area contributed by atoms with Crippen LogP contribution in [0.25, 0.3) is 0 Å². The summed E-state index contributed by atoms with van der Waals surface area (Å²) >= 11 is 1.64. The zero-order chi connectivity index (χ0) is 20.4. The third kappa shape index (κ3) is 3.97. The van der Waals surface area contributed by atoms with E-state index in [9.17, 15) is 19.8 Å². The molecule has 0 aromatic rings. The summed E-state index contributed by atoms with van der Waals surface area (Å²) in [5.74, 6) is -1.15. The van der Waals surface area contributed by atoms with Gasteiger partial charge in [0.1, 0.15) is 5.70 Å². The molecule has 0 radical (unpaired) electrons. The fourth-order valence-corrected chi connectivity index (χ4v) is 7.19. The Kier molecular flexibility index (Phi) is 6.66. The lowest BCUT2D eigenvalue weighted by Crippen LogP contribution is -3.00. The number of rotatable bonds is 5. The minimum Gasteiger partial charge on any atom is -1.00 e. The Labute approximate surface area is 193 Å². The summed E-state index contributed by atoms with van der Waals surface area (Å²) in [7, 11) is 4.57. The minimum atomic E-state index is -1.04. The van der Waals surface area contributed by atoms with Crippen molar-refractivity contribution < 1.29 is 48.3 Å². The average molecular weight is 537 g/mol. The van der Waals surface area contributed by atoms with Crippen LogP contribution in [0.4, 0.5) is 0 Å². The maximum atomic E-state index is 12.5. The molecule has 4 aliphatic heterocycles. The summed E-state index contributed by atoms with van der Waals surface area (Å²) in [6.45, 7) is 6.89. The van der Waals surface area contributed by atoms with Crippen molar-refractivity contribution in [1.82, 2.24) is 10.2 Å². The fraction of sp³-hybridized carbons (Fsp3) is 0.800. The number of thioether (sulfide) groups is 1. The number of nitrogens with one attached hydrogen (secondary N) is 1. The van der Waals surface area contributed by atoms with E-state index in [4.69, 9.17) is 0 Å². The highest BCUT2D eigenvalue weighted by Gasteiger charge is 2.60. The second kappa shape index (κ2) is 8.29. The molecule has 0 aromatic carbocycles. The standard InChI is InChI=1S/C20H31N3O4S.HI/c1-10-16-15(11(2)24)19(25)22(16)17(20(26)27)18(10)28-13-7-14(21-8-13)12-5-6-23(3,4)9-12;/h10-16,21,24H,5-9H2,1-4H3;1H/t10-,11-,12+,13+,14+,15-,16-;/m1./s1. The molecule has 3 saturated heterocycles. The van der Waals surface area contributed by atoms with Gasteiger partial charge >= 0.3 is 5.97 Å². The van der Waals surface area contributed by atoms with Crippen LogP contribution in [0, 0.1) is 17.8 Å². The number of fused-ring (bicyclic) bond motifs is 1. The molecule has 3 N–H and O–H groups in total. The molecule has 0 aliphatic carbocycles. The Morgan fingerprint density at radius 3 is 2.62 bits per heavy atom. The van der Waals surface area contributed by atoms with E-state index >= 15 is 0 Å². The topological polar surface area (TPSA) is 89.9 Å². The number of β-lactam (4-membered cyclic amide) rings is 1. The smallest absolute Gasteiger partial charge is 0.353 e. The molecular weight excluding hydrogens is 505 g/mol. The van der Waals surface area contributed by atoms with Crippen molar-refractivity contribution in [3.8, 4) is 0 Å². The number of carbonyl (C=O) groups is 2. The van der Waals surface area contributed by atoms with Gasteiger partial charge in [-0.25, -0.2) is 4.79 Å². The predicted molar refractivity (Wildman–Crippen MR) is 107 cm³/mol. The van der Waals surface area contributed by atoms with Gasteiger partial charge in [-0.3, -0.25) is 4.79 Å². The number of likely N-dealkylation sites (tertiary alicyclic amines) is 1. The van der Waals surface area contributed by atoms with Crippen molar-refractivity contribution >= 4 is 23.6 Å². The fourth-order valence-electron chi connectivity index (χ4n) is 5.70. The van der Waals surface area contributed by atoms with Gasteiger partial charge in [-0.2, -0.15) is 0 Å². The molecule has 4 rings (SSSR count). The van der Waals surface area contributed by atoms with Gasteiger partial charge in [0.2, 0.25) is 5.91 Å². The summed E-state index contributed by atoms with van der Waals surface area (Å²) < 4.78 is 1.07. The number of quaternary nitrogens is 1. The van der Waals surface area contributed by atoms with Crippen molar-refractivity contribution in [1.29, 1.82) is 0 Å². The van der Waals surface area contributed by atoms with Crippen molar-refractivity contribution in [3.63, 3.8) is 0 Å². The van der Waals surface area contributed by atoms with E-state index in [2.05, 4.69) is 19.4 Å². The first-order valence-electron chi connectivity index (χ1n) is 10.3. The number of nitrogens with zero attached hydrogens (tertiary/aromatic N) is 2. The number of amides is 1. The molecule has 0 spiro atoms. The molecule has 0 bridgehead atoms. The SMILES string of the molecule is C[C@@H](O)[C@H]1C(=O)N2C(C(=O)O)=C(S[C@@H]3CN[C@H]([C@H]4CC[N+](C)(C)C4)C3)[C@H](C)[C@H]12.[I-]. The molecule has 1 amide bonds. The number of aliphatic hydroxyl groups excluding tert-OH is 1. The predicted octanol–water partition coefficient (Wildman–Crippen LogP) is -2.30. The summed E-state index contributed by atoms with van der Waals surface area (Å²) in [5.41, 5.74) is 0.145. The summed E-state index contributed by atoms with van der Waals surface area (Å²) in [4.78, 5) is 26.6. The number of carboxylic acid groups (broad SMARTS) is 1. The Morgan fingerprint density at radius 2 is 2.07 bits per heavy atom. The van der Waals surface area contributed by atoms with E-state index in [0.717, 1.165) is 22.4 Å². The number of carbonyl (C=O) groups excluding carboxylic acids is 1. The maximum absolute atomic E-state index is 12.5. The molecule has 4 heterocycles. The number of aliphatic carboxylic acids is 1. The van der Waals surface area contributed by atoms with Gasteiger partial charge in [-0.15, -0.1) is 11.8 Å².